The predicted molar refractivity (Wildman–Crippen MR) is 88.7 cm³/mol. The van der Waals surface area contributed by atoms with Gasteiger partial charge in [0.15, 0.2) is 5.78 Å². The fraction of sp³-hybridized carbons (Fsp3) is 0.125. The van der Waals surface area contributed by atoms with E-state index < -0.39 is 0 Å². The first-order valence-corrected chi connectivity index (χ1v) is 8.30. The molecule has 0 spiro atoms. The summed E-state index contributed by atoms with van der Waals surface area (Å²) in [5.41, 5.74) is 2.42. The van der Waals surface area contributed by atoms with Crippen molar-refractivity contribution in [3.8, 4) is 0 Å². The van der Waals surface area contributed by atoms with E-state index in [0.717, 1.165) is 15.7 Å². The Balaban J connectivity index is 1.75. The standard InChI is InChI=1S/C16H12BrNO2S/c17-11-7-4-8-12-14(11)15(16(20)18-12)21-9-13(19)10-5-2-1-3-6-10/h1-8,15H,9H2,(H,18,20). The number of Topliss-reactive ketones (excluding diaryl/α,β-unsaturated/α-hetero) is 1. The molecule has 2 aromatic rings. The normalized spacial score (nSPS) is 16.4. The second kappa shape index (κ2) is 6.03. The van der Waals surface area contributed by atoms with E-state index in [4.69, 9.17) is 0 Å². The summed E-state index contributed by atoms with van der Waals surface area (Å²) in [5, 5.41) is 2.51. The van der Waals surface area contributed by atoms with Crippen molar-refractivity contribution in [2.75, 3.05) is 11.1 Å². The van der Waals surface area contributed by atoms with Gasteiger partial charge in [-0.3, -0.25) is 9.59 Å². The van der Waals surface area contributed by atoms with E-state index in [9.17, 15) is 9.59 Å². The van der Waals surface area contributed by atoms with Crippen LogP contribution in [0.2, 0.25) is 0 Å². The first kappa shape index (κ1) is 14.4. The Kier molecular flexibility index (Phi) is 4.12. The third kappa shape index (κ3) is 2.89. The summed E-state index contributed by atoms with van der Waals surface area (Å²) in [6, 6.07) is 14.8. The van der Waals surface area contributed by atoms with Crippen LogP contribution < -0.4 is 5.32 Å². The van der Waals surface area contributed by atoms with Gasteiger partial charge in [-0.05, 0) is 12.1 Å². The van der Waals surface area contributed by atoms with Crippen molar-refractivity contribution < 1.29 is 9.59 Å². The molecule has 106 valence electrons. The second-order valence-electron chi connectivity index (χ2n) is 4.67. The zero-order valence-electron chi connectivity index (χ0n) is 11.0. The fourth-order valence-corrected chi connectivity index (χ4v) is 4.13. The van der Waals surface area contributed by atoms with E-state index in [1.165, 1.54) is 11.8 Å². The summed E-state index contributed by atoms with van der Waals surface area (Å²) in [6.45, 7) is 0. The largest absolute Gasteiger partial charge is 0.324 e. The summed E-state index contributed by atoms with van der Waals surface area (Å²) in [4.78, 5) is 24.2. The Hall–Kier alpha value is -1.59. The van der Waals surface area contributed by atoms with Crippen molar-refractivity contribution in [1.29, 1.82) is 0 Å². The quantitative estimate of drug-likeness (QED) is 0.835. The molecule has 3 rings (SSSR count). The van der Waals surface area contributed by atoms with Gasteiger partial charge in [-0.2, -0.15) is 0 Å². The van der Waals surface area contributed by atoms with E-state index in [1.807, 2.05) is 36.4 Å². The third-order valence-electron chi connectivity index (χ3n) is 3.29. The van der Waals surface area contributed by atoms with Gasteiger partial charge >= 0.3 is 0 Å². The van der Waals surface area contributed by atoms with Crippen LogP contribution in [-0.4, -0.2) is 17.4 Å². The SMILES string of the molecule is O=C(CSC1C(=O)Nc2cccc(Br)c21)c1ccccc1. The number of halogens is 1. The highest BCUT2D eigenvalue weighted by Gasteiger charge is 2.33. The van der Waals surface area contributed by atoms with Gasteiger partial charge in [0.2, 0.25) is 5.91 Å². The van der Waals surface area contributed by atoms with Crippen LogP contribution in [0.3, 0.4) is 0 Å². The number of anilines is 1. The minimum Gasteiger partial charge on any atom is -0.324 e. The lowest BCUT2D eigenvalue weighted by Crippen LogP contribution is -2.12. The molecule has 1 amide bonds. The number of benzene rings is 2. The number of fused-ring (bicyclic) bond motifs is 1. The minimum absolute atomic E-state index is 0.0360. The van der Waals surface area contributed by atoms with Crippen molar-refractivity contribution >= 4 is 45.1 Å². The summed E-state index contributed by atoms with van der Waals surface area (Å²) in [5.74, 6) is 0.250. The van der Waals surface area contributed by atoms with Gasteiger partial charge in [-0.1, -0.05) is 52.3 Å². The Bertz CT molecular complexity index is 703. The molecule has 1 atom stereocenters. The molecule has 0 fully saturated rings. The van der Waals surface area contributed by atoms with Crippen molar-refractivity contribution in [3.63, 3.8) is 0 Å². The molecule has 3 nitrogen and oxygen atoms in total. The highest BCUT2D eigenvalue weighted by atomic mass is 79.9. The van der Waals surface area contributed by atoms with Gasteiger partial charge in [0.1, 0.15) is 5.25 Å². The van der Waals surface area contributed by atoms with Crippen LogP contribution in [0.1, 0.15) is 21.2 Å². The van der Waals surface area contributed by atoms with Gasteiger partial charge in [0, 0.05) is 21.3 Å². The number of hydrogen-bond donors (Lipinski definition) is 1. The molecule has 0 aromatic heterocycles. The van der Waals surface area contributed by atoms with Crippen LogP contribution >= 0.6 is 27.7 Å². The van der Waals surface area contributed by atoms with Crippen LogP contribution in [-0.2, 0) is 4.79 Å². The Morgan fingerprint density at radius 2 is 1.90 bits per heavy atom. The average molecular weight is 362 g/mol. The maximum Gasteiger partial charge on any atom is 0.242 e. The number of carbonyl (C=O) groups excluding carboxylic acids is 2. The molecule has 1 aliphatic rings. The maximum absolute atomic E-state index is 12.1. The number of amides is 1. The van der Waals surface area contributed by atoms with E-state index >= 15 is 0 Å². The highest BCUT2D eigenvalue weighted by Crippen LogP contribution is 2.43. The van der Waals surface area contributed by atoms with Crippen LogP contribution in [0.4, 0.5) is 5.69 Å². The smallest absolute Gasteiger partial charge is 0.242 e. The van der Waals surface area contributed by atoms with Crippen molar-refractivity contribution in [2.24, 2.45) is 0 Å². The molecule has 5 heteroatoms. The van der Waals surface area contributed by atoms with Crippen LogP contribution in [0, 0.1) is 0 Å². The number of hydrogen-bond acceptors (Lipinski definition) is 3. The monoisotopic (exact) mass is 361 g/mol. The van der Waals surface area contributed by atoms with Gasteiger partial charge in [0.05, 0.1) is 5.75 Å². The third-order valence-corrected chi connectivity index (χ3v) is 5.19. The summed E-state index contributed by atoms with van der Waals surface area (Å²) >= 11 is 4.84. The van der Waals surface area contributed by atoms with E-state index in [2.05, 4.69) is 21.2 Å². The Morgan fingerprint density at radius 3 is 2.67 bits per heavy atom. The van der Waals surface area contributed by atoms with Crippen LogP contribution in [0.5, 0.6) is 0 Å². The fourth-order valence-electron chi connectivity index (χ4n) is 2.27. The van der Waals surface area contributed by atoms with E-state index in [-0.39, 0.29) is 22.7 Å². The zero-order valence-corrected chi connectivity index (χ0v) is 13.4. The first-order valence-electron chi connectivity index (χ1n) is 6.46. The molecule has 1 heterocycles. The predicted octanol–water partition coefficient (Wildman–Crippen LogP) is 4.06. The number of nitrogens with one attached hydrogen (secondary N) is 1. The molecule has 2 aromatic carbocycles. The number of carbonyl (C=O) groups is 2. The van der Waals surface area contributed by atoms with Gasteiger partial charge in [-0.25, -0.2) is 0 Å². The van der Waals surface area contributed by atoms with Crippen LogP contribution in [0.15, 0.2) is 53.0 Å². The average Bonchev–Trinajstić information content (AvgIpc) is 2.82. The minimum atomic E-state index is -0.344. The molecular formula is C16H12BrNO2S. The van der Waals surface area contributed by atoms with Crippen molar-refractivity contribution in [3.05, 3.63) is 64.1 Å². The lowest BCUT2D eigenvalue weighted by Gasteiger charge is -2.09. The Morgan fingerprint density at radius 1 is 1.14 bits per heavy atom. The lowest BCUT2D eigenvalue weighted by molar-refractivity contribution is -0.115. The van der Waals surface area contributed by atoms with Crippen molar-refractivity contribution in [1.82, 2.24) is 0 Å². The van der Waals surface area contributed by atoms with Crippen molar-refractivity contribution in [2.45, 2.75) is 5.25 Å². The molecule has 0 saturated carbocycles. The summed E-state index contributed by atoms with van der Waals surface area (Å²) in [6.07, 6.45) is 0. The maximum atomic E-state index is 12.1. The summed E-state index contributed by atoms with van der Waals surface area (Å²) in [7, 11) is 0. The second-order valence-corrected chi connectivity index (χ2v) is 6.62. The molecular weight excluding hydrogens is 350 g/mol. The highest BCUT2D eigenvalue weighted by molar-refractivity contribution is 9.10. The lowest BCUT2D eigenvalue weighted by atomic mass is 10.1. The van der Waals surface area contributed by atoms with Gasteiger partial charge in [0.25, 0.3) is 0 Å². The molecule has 0 aliphatic carbocycles. The molecule has 1 N–H and O–H groups in total. The first-order chi connectivity index (χ1) is 10.2. The number of ketones is 1. The van der Waals surface area contributed by atoms with Gasteiger partial charge in [-0.15, -0.1) is 11.8 Å². The molecule has 0 bridgehead atoms. The molecule has 0 radical (unpaired) electrons. The Labute approximate surface area is 135 Å². The molecule has 1 aliphatic heterocycles. The number of thioether (sulfide) groups is 1. The molecule has 21 heavy (non-hydrogen) atoms. The molecule has 1 unspecified atom stereocenters. The van der Waals surface area contributed by atoms with E-state index in [1.54, 1.807) is 12.1 Å². The topological polar surface area (TPSA) is 46.2 Å². The van der Waals surface area contributed by atoms with E-state index in [0.29, 0.717) is 5.56 Å². The zero-order chi connectivity index (χ0) is 14.8. The summed E-state index contributed by atoms with van der Waals surface area (Å²) < 4.78 is 0.892. The van der Waals surface area contributed by atoms with Crippen LogP contribution in [0.25, 0.3) is 0 Å². The van der Waals surface area contributed by atoms with Gasteiger partial charge < -0.3 is 5.32 Å². The number of rotatable bonds is 4. The molecule has 0 saturated heterocycles.